The molecule has 1 aliphatic rings. The number of para-hydroxylation sites is 1. The van der Waals surface area contributed by atoms with Crippen molar-refractivity contribution in [2.24, 2.45) is 5.92 Å². The van der Waals surface area contributed by atoms with Gasteiger partial charge in [-0.15, -0.1) is 0 Å². The first-order valence-corrected chi connectivity index (χ1v) is 8.82. The van der Waals surface area contributed by atoms with Crippen LogP contribution in [0.2, 0.25) is 0 Å². The summed E-state index contributed by atoms with van der Waals surface area (Å²) in [7, 11) is 0. The third-order valence-corrected chi connectivity index (χ3v) is 4.58. The van der Waals surface area contributed by atoms with Crippen molar-refractivity contribution in [1.82, 2.24) is 0 Å². The molecule has 130 valence electrons. The van der Waals surface area contributed by atoms with Gasteiger partial charge in [-0.25, -0.2) is 0 Å². The zero-order chi connectivity index (χ0) is 17.5. The van der Waals surface area contributed by atoms with Gasteiger partial charge in [0.25, 0.3) is 5.91 Å². The van der Waals surface area contributed by atoms with Crippen LogP contribution >= 0.6 is 0 Å². The normalized spacial score (nSPS) is 14.2. The smallest absolute Gasteiger partial charge is 0.306 e. The molecule has 0 unspecified atom stereocenters. The molecule has 4 nitrogen and oxygen atoms in total. The molecule has 0 aliphatic heterocycles. The molecule has 1 N–H and O–H groups in total. The first kappa shape index (κ1) is 17.2. The van der Waals surface area contributed by atoms with Gasteiger partial charge in [-0.05, 0) is 30.4 Å². The number of ether oxygens (including phenoxy) is 1. The Kier molecular flexibility index (Phi) is 5.83. The number of rotatable bonds is 6. The summed E-state index contributed by atoms with van der Waals surface area (Å²) < 4.78 is 5.13. The largest absolute Gasteiger partial charge is 0.456 e. The minimum atomic E-state index is -0.317. The molecule has 2 aromatic carbocycles. The van der Waals surface area contributed by atoms with Gasteiger partial charge in [-0.1, -0.05) is 61.4 Å². The first-order valence-electron chi connectivity index (χ1n) is 8.82. The Balaban J connectivity index is 1.55. The van der Waals surface area contributed by atoms with Crippen LogP contribution in [-0.4, -0.2) is 18.5 Å². The van der Waals surface area contributed by atoms with E-state index in [1.165, 1.54) is 12.8 Å². The summed E-state index contributed by atoms with van der Waals surface area (Å²) in [5, 5.41) is 2.84. The number of nitrogens with one attached hydrogen (secondary N) is 1. The van der Waals surface area contributed by atoms with Crippen molar-refractivity contribution in [3.05, 3.63) is 54.6 Å². The van der Waals surface area contributed by atoms with Crippen molar-refractivity contribution >= 4 is 17.6 Å². The summed E-state index contributed by atoms with van der Waals surface area (Å²) in [6.07, 6.45) is 4.98. The lowest BCUT2D eigenvalue weighted by Gasteiger charge is -2.12. The molecule has 0 bridgehead atoms. The van der Waals surface area contributed by atoms with Crippen LogP contribution in [0.4, 0.5) is 5.69 Å². The number of benzene rings is 2. The Bertz CT molecular complexity index is 721. The van der Waals surface area contributed by atoms with E-state index in [0.29, 0.717) is 18.0 Å². The standard InChI is InChI=1S/C21H23NO3/c23-20(15-25-21(24)14-16-8-4-5-9-16)22-19-13-7-6-12-18(19)17-10-2-1-3-11-17/h1-3,6-7,10-13,16H,4-5,8-9,14-15H2,(H,22,23). The average molecular weight is 337 g/mol. The summed E-state index contributed by atoms with van der Waals surface area (Å²) >= 11 is 0. The van der Waals surface area contributed by atoms with Crippen LogP contribution in [0.15, 0.2) is 54.6 Å². The number of hydrogen-bond acceptors (Lipinski definition) is 3. The summed E-state index contributed by atoms with van der Waals surface area (Å²) in [6, 6.07) is 17.5. The third-order valence-electron chi connectivity index (χ3n) is 4.58. The molecule has 25 heavy (non-hydrogen) atoms. The SMILES string of the molecule is O=C(COC(=O)CC1CCCC1)Nc1ccccc1-c1ccccc1. The fraction of sp³-hybridized carbons (Fsp3) is 0.333. The van der Waals surface area contributed by atoms with E-state index in [1.54, 1.807) is 0 Å². The lowest BCUT2D eigenvalue weighted by Crippen LogP contribution is -2.22. The maximum atomic E-state index is 12.1. The van der Waals surface area contributed by atoms with Gasteiger partial charge in [-0.3, -0.25) is 9.59 Å². The van der Waals surface area contributed by atoms with Crippen LogP contribution in [0.5, 0.6) is 0 Å². The fourth-order valence-corrected chi connectivity index (χ4v) is 3.30. The van der Waals surface area contributed by atoms with E-state index in [-0.39, 0.29) is 18.5 Å². The van der Waals surface area contributed by atoms with Crippen LogP contribution in [0, 0.1) is 5.92 Å². The Hall–Kier alpha value is -2.62. The van der Waals surface area contributed by atoms with Crippen molar-refractivity contribution in [3.8, 4) is 11.1 Å². The fourth-order valence-electron chi connectivity index (χ4n) is 3.30. The van der Waals surface area contributed by atoms with Crippen molar-refractivity contribution in [1.29, 1.82) is 0 Å². The van der Waals surface area contributed by atoms with Crippen LogP contribution in [-0.2, 0) is 14.3 Å². The number of carbonyl (C=O) groups excluding carboxylic acids is 2. The molecule has 4 heteroatoms. The Labute approximate surface area is 148 Å². The molecule has 0 radical (unpaired) electrons. The molecule has 1 amide bonds. The monoisotopic (exact) mass is 337 g/mol. The predicted octanol–water partition coefficient (Wildman–Crippen LogP) is 4.42. The van der Waals surface area contributed by atoms with Crippen LogP contribution in [0.3, 0.4) is 0 Å². The molecule has 0 aromatic heterocycles. The van der Waals surface area contributed by atoms with Crippen LogP contribution < -0.4 is 5.32 Å². The zero-order valence-electron chi connectivity index (χ0n) is 14.2. The minimum absolute atomic E-state index is 0.241. The average Bonchev–Trinajstić information content (AvgIpc) is 3.14. The van der Waals surface area contributed by atoms with E-state index in [2.05, 4.69) is 5.32 Å². The first-order chi connectivity index (χ1) is 12.2. The van der Waals surface area contributed by atoms with Gasteiger partial charge in [0.2, 0.25) is 0 Å². The van der Waals surface area contributed by atoms with Gasteiger partial charge in [-0.2, -0.15) is 0 Å². The molecule has 0 spiro atoms. The van der Waals surface area contributed by atoms with Crippen LogP contribution in [0.25, 0.3) is 11.1 Å². The van der Waals surface area contributed by atoms with Crippen molar-refractivity contribution in [2.45, 2.75) is 32.1 Å². The van der Waals surface area contributed by atoms with Gasteiger partial charge in [0.1, 0.15) is 0 Å². The Morgan fingerprint density at radius 3 is 2.40 bits per heavy atom. The maximum Gasteiger partial charge on any atom is 0.306 e. The number of hydrogen-bond donors (Lipinski definition) is 1. The topological polar surface area (TPSA) is 55.4 Å². The molecule has 0 saturated heterocycles. The summed E-state index contributed by atoms with van der Waals surface area (Å²) in [6.45, 7) is -0.241. The van der Waals surface area contributed by atoms with Crippen molar-refractivity contribution in [3.63, 3.8) is 0 Å². The van der Waals surface area contributed by atoms with E-state index >= 15 is 0 Å². The highest BCUT2D eigenvalue weighted by Crippen LogP contribution is 2.28. The Morgan fingerprint density at radius 1 is 0.960 bits per heavy atom. The summed E-state index contributed by atoms with van der Waals surface area (Å²) in [5.41, 5.74) is 2.68. The molecular formula is C21H23NO3. The lowest BCUT2D eigenvalue weighted by molar-refractivity contribution is -0.148. The molecule has 1 aliphatic carbocycles. The van der Waals surface area contributed by atoms with E-state index in [9.17, 15) is 9.59 Å². The zero-order valence-corrected chi connectivity index (χ0v) is 14.2. The number of esters is 1. The van der Waals surface area contributed by atoms with Crippen LogP contribution in [0.1, 0.15) is 32.1 Å². The third kappa shape index (κ3) is 4.92. The molecule has 0 heterocycles. The second-order valence-electron chi connectivity index (χ2n) is 6.48. The van der Waals surface area contributed by atoms with Gasteiger partial charge >= 0.3 is 5.97 Å². The second-order valence-corrected chi connectivity index (χ2v) is 6.48. The highest BCUT2D eigenvalue weighted by atomic mass is 16.5. The molecule has 1 saturated carbocycles. The molecule has 3 rings (SSSR count). The Morgan fingerprint density at radius 2 is 1.64 bits per heavy atom. The highest BCUT2D eigenvalue weighted by molar-refractivity contribution is 5.96. The number of carbonyl (C=O) groups is 2. The number of anilines is 1. The van der Waals surface area contributed by atoms with E-state index < -0.39 is 0 Å². The predicted molar refractivity (Wildman–Crippen MR) is 98.0 cm³/mol. The van der Waals surface area contributed by atoms with Gasteiger partial charge in [0, 0.05) is 17.7 Å². The van der Waals surface area contributed by atoms with E-state index in [0.717, 1.165) is 24.0 Å². The summed E-state index contributed by atoms with van der Waals surface area (Å²) in [5.74, 6) is -0.170. The molecule has 1 fully saturated rings. The van der Waals surface area contributed by atoms with E-state index in [4.69, 9.17) is 4.74 Å². The molecule has 0 atom stereocenters. The van der Waals surface area contributed by atoms with Gasteiger partial charge in [0.05, 0.1) is 0 Å². The highest BCUT2D eigenvalue weighted by Gasteiger charge is 2.20. The quantitative estimate of drug-likeness (QED) is 0.794. The van der Waals surface area contributed by atoms with Gasteiger partial charge < -0.3 is 10.1 Å². The second kappa shape index (κ2) is 8.47. The van der Waals surface area contributed by atoms with E-state index in [1.807, 2.05) is 54.6 Å². The maximum absolute atomic E-state index is 12.1. The molecular weight excluding hydrogens is 314 g/mol. The van der Waals surface area contributed by atoms with Crippen molar-refractivity contribution < 1.29 is 14.3 Å². The summed E-state index contributed by atoms with van der Waals surface area (Å²) in [4.78, 5) is 24.0. The van der Waals surface area contributed by atoms with Gasteiger partial charge in [0.15, 0.2) is 6.61 Å². The minimum Gasteiger partial charge on any atom is -0.456 e. The molecule has 2 aromatic rings. The van der Waals surface area contributed by atoms with Crippen molar-refractivity contribution in [2.75, 3.05) is 11.9 Å². The lowest BCUT2D eigenvalue weighted by atomic mass is 10.0. The number of amides is 1.